The molecule has 136 valence electrons. The smallest absolute Gasteiger partial charge is 0.363 e. The molecule has 0 bridgehead atoms. The highest BCUT2D eigenvalue weighted by atomic mass is 32.2. The van der Waals surface area contributed by atoms with Crippen molar-refractivity contribution < 1.29 is 22.4 Å². The molecule has 0 fully saturated rings. The maximum absolute atomic E-state index is 12.0. The van der Waals surface area contributed by atoms with Crippen molar-refractivity contribution in [3.8, 4) is 11.3 Å². The molecule has 0 spiro atoms. The molecule has 7 nitrogen and oxygen atoms in total. The first-order chi connectivity index (χ1) is 12.9. The van der Waals surface area contributed by atoms with E-state index in [4.69, 9.17) is 14.3 Å². The number of benzene rings is 1. The van der Waals surface area contributed by atoms with Gasteiger partial charge in [-0.3, -0.25) is 0 Å². The van der Waals surface area contributed by atoms with Gasteiger partial charge in [0.1, 0.15) is 11.5 Å². The van der Waals surface area contributed by atoms with E-state index >= 15 is 0 Å². The van der Waals surface area contributed by atoms with Crippen LogP contribution >= 0.6 is 11.3 Å². The number of hydrogen-bond acceptors (Lipinski definition) is 7. The maximum atomic E-state index is 12.0. The number of carbonyl (C=O) groups is 1. The summed E-state index contributed by atoms with van der Waals surface area (Å²) in [5.41, 5.74) is 0.813. The van der Waals surface area contributed by atoms with Gasteiger partial charge in [0.2, 0.25) is 15.9 Å². The van der Waals surface area contributed by atoms with Crippen molar-refractivity contribution in [2.45, 2.75) is 4.90 Å². The summed E-state index contributed by atoms with van der Waals surface area (Å²) in [6.07, 6.45) is 1.49. The summed E-state index contributed by atoms with van der Waals surface area (Å²) in [7, 11) is -3.75. The molecular weight excluding hydrogens is 388 g/mol. The predicted octanol–water partition coefficient (Wildman–Crippen LogP) is 3.00. The monoisotopic (exact) mass is 400 g/mol. The summed E-state index contributed by atoms with van der Waals surface area (Å²) < 4.78 is 33.5. The van der Waals surface area contributed by atoms with Gasteiger partial charge in [-0.1, -0.05) is 6.07 Å². The van der Waals surface area contributed by atoms with Crippen molar-refractivity contribution in [3.63, 3.8) is 0 Å². The number of ether oxygens (including phenoxy) is 1. The van der Waals surface area contributed by atoms with Crippen LogP contribution in [0.2, 0.25) is 0 Å². The van der Waals surface area contributed by atoms with Gasteiger partial charge in [-0.2, -0.15) is 0 Å². The molecule has 9 heteroatoms. The van der Waals surface area contributed by atoms with E-state index in [1.807, 2.05) is 17.5 Å². The second kappa shape index (κ2) is 6.62. The van der Waals surface area contributed by atoms with Crippen LogP contribution in [0.25, 0.3) is 17.4 Å². The molecule has 0 atom stereocenters. The summed E-state index contributed by atoms with van der Waals surface area (Å²) >= 11 is 1.42. The second-order valence-corrected chi connectivity index (χ2v) is 8.09. The summed E-state index contributed by atoms with van der Waals surface area (Å²) in [6, 6.07) is 13.0. The topological polar surface area (TPSA) is 112 Å². The first-order valence-electron chi connectivity index (χ1n) is 7.70. The number of furan rings is 1. The Balaban J connectivity index is 1.60. The zero-order valence-corrected chi connectivity index (χ0v) is 15.3. The Morgan fingerprint density at radius 2 is 1.85 bits per heavy atom. The zero-order chi connectivity index (χ0) is 19.0. The molecule has 3 heterocycles. The Bertz CT molecular complexity index is 1170. The largest absolute Gasteiger partial charge is 0.457 e. The molecule has 0 saturated carbocycles. The van der Waals surface area contributed by atoms with Crippen LogP contribution in [0.15, 0.2) is 73.9 Å². The first kappa shape index (κ1) is 17.4. The minimum Gasteiger partial charge on any atom is -0.457 e. The van der Waals surface area contributed by atoms with Crippen LogP contribution in [-0.2, 0) is 19.6 Å². The SMILES string of the molecule is NS(=O)(=O)c1ccc(-c2ccc(/C=C3\N=C(c4cccs4)OC3=O)o2)cc1. The lowest BCUT2D eigenvalue weighted by atomic mass is 10.2. The van der Waals surface area contributed by atoms with E-state index in [1.54, 1.807) is 24.3 Å². The number of esters is 1. The van der Waals surface area contributed by atoms with Crippen molar-refractivity contribution in [3.05, 3.63) is 70.2 Å². The van der Waals surface area contributed by atoms with E-state index in [0.29, 0.717) is 17.1 Å². The van der Waals surface area contributed by atoms with Gasteiger partial charge in [-0.15, -0.1) is 11.3 Å². The highest BCUT2D eigenvalue weighted by molar-refractivity contribution is 7.89. The summed E-state index contributed by atoms with van der Waals surface area (Å²) in [5.74, 6) is 0.653. The molecule has 2 aromatic heterocycles. The van der Waals surface area contributed by atoms with E-state index < -0.39 is 16.0 Å². The van der Waals surface area contributed by atoms with Crippen LogP contribution in [0.4, 0.5) is 0 Å². The number of hydrogen-bond donors (Lipinski definition) is 1. The number of cyclic esters (lactones) is 1. The van der Waals surface area contributed by atoms with Crippen LogP contribution < -0.4 is 5.14 Å². The molecule has 0 radical (unpaired) electrons. The summed E-state index contributed by atoms with van der Waals surface area (Å²) in [5, 5.41) is 6.95. The van der Waals surface area contributed by atoms with Gasteiger partial charge in [-0.05, 0) is 47.8 Å². The molecule has 0 amide bonds. The van der Waals surface area contributed by atoms with Crippen LogP contribution in [-0.4, -0.2) is 20.3 Å². The summed E-state index contributed by atoms with van der Waals surface area (Å²) in [4.78, 5) is 17.0. The number of sulfonamides is 1. The Kier molecular flexibility index (Phi) is 4.27. The van der Waals surface area contributed by atoms with Gasteiger partial charge < -0.3 is 9.15 Å². The average Bonchev–Trinajstić information content (AvgIpc) is 3.37. The van der Waals surface area contributed by atoms with Crippen molar-refractivity contribution in [1.82, 2.24) is 0 Å². The van der Waals surface area contributed by atoms with Gasteiger partial charge in [0.15, 0.2) is 5.70 Å². The lowest BCUT2D eigenvalue weighted by molar-refractivity contribution is -0.129. The highest BCUT2D eigenvalue weighted by Gasteiger charge is 2.25. The van der Waals surface area contributed by atoms with E-state index in [1.165, 1.54) is 29.5 Å². The fourth-order valence-electron chi connectivity index (χ4n) is 2.44. The molecule has 4 rings (SSSR count). The van der Waals surface area contributed by atoms with Gasteiger partial charge in [-0.25, -0.2) is 23.3 Å². The van der Waals surface area contributed by atoms with Gasteiger partial charge in [0.05, 0.1) is 9.77 Å². The lowest BCUT2D eigenvalue weighted by Crippen LogP contribution is -2.11. The molecule has 1 aromatic carbocycles. The number of aliphatic imine (C=N–C) groups is 1. The third kappa shape index (κ3) is 3.61. The van der Waals surface area contributed by atoms with Gasteiger partial charge in [0.25, 0.3) is 0 Å². The second-order valence-electron chi connectivity index (χ2n) is 5.58. The third-order valence-electron chi connectivity index (χ3n) is 3.73. The van der Waals surface area contributed by atoms with Crippen molar-refractivity contribution >= 4 is 39.3 Å². The molecule has 1 aliphatic rings. The Morgan fingerprint density at radius 1 is 1.07 bits per heavy atom. The predicted molar refractivity (Wildman–Crippen MR) is 100 cm³/mol. The van der Waals surface area contributed by atoms with E-state index in [0.717, 1.165) is 4.88 Å². The number of nitrogens with zero attached hydrogens (tertiary/aromatic N) is 1. The fraction of sp³-hybridized carbons (Fsp3) is 0. The molecule has 2 N–H and O–H groups in total. The minimum absolute atomic E-state index is 0.0179. The van der Waals surface area contributed by atoms with E-state index in [-0.39, 0.29) is 16.5 Å². The lowest BCUT2D eigenvalue weighted by Gasteiger charge is -2.00. The number of primary sulfonamides is 1. The third-order valence-corrected chi connectivity index (χ3v) is 5.51. The normalized spacial score (nSPS) is 15.8. The quantitative estimate of drug-likeness (QED) is 0.534. The standard InChI is InChI=1S/C18H12N2O5S2/c19-27(22,23)13-6-3-11(4-7-13)15-8-5-12(24-15)10-14-18(21)25-17(20-14)16-2-1-9-26-16/h1-10H,(H2,19,22,23)/b14-10-. The zero-order valence-electron chi connectivity index (χ0n) is 13.7. The summed E-state index contributed by atoms with van der Waals surface area (Å²) in [6.45, 7) is 0. The number of nitrogens with two attached hydrogens (primary N) is 1. The molecule has 27 heavy (non-hydrogen) atoms. The van der Waals surface area contributed by atoms with Crippen LogP contribution in [0.3, 0.4) is 0 Å². The first-order valence-corrected chi connectivity index (χ1v) is 10.1. The Hall–Kier alpha value is -3.01. The fourth-order valence-corrected chi connectivity index (χ4v) is 3.61. The Morgan fingerprint density at radius 3 is 2.52 bits per heavy atom. The molecule has 0 unspecified atom stereocenters. The van der Waals surface area contributed by atoms with Crippen molar-refractivity contribution in [2.75, 3.05) is 0 Å². The van der Waals surface area contributed by atoms with Crippen LogP contribution in [0.5, 0.6) is 0 Å². The Labute approximate surface area is 158 Å². The van der Waals surface area contributed by atoms with E-state index in [9.17, 15) is 13.2 Å². The minimum atomic E-state index is -3.75. The van der Waals surface area contributed by atoms with Crippen molar-refractivity contribution in [1.29, 1.82) is 0 Å². The maximum Gasteiger partial charge on any atom is 0.363 e. The average molecular weight is 400 g/mol. The molecule has 3 aromatic rings. The van der Waals surface area contributed by atoms with Crippen LogP contribution in [0, 0.1) is 0 Å². The number of carbonyl (C=O) groups excluding carboxylic acids is 1. The number of thiophene rings is 1. The van der Waals surface area contributed by atoms with Gasteiger partial charge >= 0.3 is 5.97 Å². The van der Waals surface area contributed by atoms with Gasteiger partial charge in [0, 0.05) is 11.6 Å². The molecular formula is C18H12N2O5S2. The number of rotatable bonds is 4. The van der Waals surface area contributed by atoms with E-state index in [2.05, 4.69) is 4.99 Å². The molecule has 1 aliphatic heterocycles. The molecule has 0 aliphatic carbocycles. The molecule has 0 saturated heterocycles. The van der Waals surface area contributed by atoms with Crippen molar-refractivity contribution in [2.24, 2.45) is 10.1 Å². The van der Waals surface area contributed by atoms with Crippen LogP contribution in [0.1, 0.15) is 10.6 Å². The highest BCUT2D eigenvalue weighted by Crippen LogP contribution is 2.26.